The van der Waals surface area contributed by atoms with E-state index in [1.165, 1.54) is 11.3 Å². The van der Waals surface area contributed by atoms with E-state index in [1.54, 1.807) is 6.07 Å². The molecule has 0 aliphatic rings. The lowest BCUT2D eigenvalue weighted by Gasteiger charge is -2.06. The monoisotopic (exact) mass is 309 g/mol. The summed E-state index contributed by atoms with van der Waals surface area (Å²) in [5.74, 6) is -0.000556. The van der Waals surface area contributed by atoms with Gasteiger partial charge in [-0.3, -0.25) is 4.79 Å². The molecule has 4 heteroatoms. The first-order valence-electron chi connectivity index (χ1n) is 5.16. The van der Waals surface area contributed by atoms with Crippen molar-refractivity contribution in [1.29, 1.82) is 0 Å². The van der Waals surface area contributed by atoms with Gasteiger partial charge in [0.1, 0.15) is 0 Å². The number of ketones is 1. The standard InChI is InChI=1S/C13H12BrNOS/c1-7-4-3-5-9(15)11(7)12(16)10-6-8(2)13(14)17-10/h3-6H,15H2,1-2H3. The number of carbonyl (C=O) groups excluding carboxylic acids is 1. The van der Waals surface area contributed by atoms with Crippen molar-refractivity contribution in [2.75, 3.05) is 5.73 Å². The van der Waals surface area contributed by atoms with Crippen molar-refractivity contribution in [2.45, 2.75) is 13.8 Å². The number of rotatable bonds is 2. The van der Waals surface area contributed by atoms with E-state index in [-0.39, 0.29) is 5.78 Å². The Balaban J connectivity index is 2.51. The Labute approximate surface area is 113 Å². The molecule has 0 aliphatic carbocycles. The fraction of sp³-hybridized carbons (Fsp3) is 0.154. The van der Waals surface area contributed by atoms with Gasteiger partial charge in [-0.2, -0.15) is 0 Å². The SMILES string of the molecule is Cc1cc(C(=O)c2c(C)cccc2N)sc1Br. The molecule has 0 fully saturated rings. The fourth-order valence-corrected chi connectivity index (χ4v) is 3.18. The van der Waals surface area contributed by atoms with Gasteiger partial charge in [0, 0.05) is 11.3 Å². The van der Waals surface area contributed by atoms with Gasteiger partial charge < -0.3 is 5.73 Å². The number of hydrogen-bond acceptors (Lipinski definition) is 3. The number of hydrogen-bond donors (Lipinski definition) is 1. The number of aryl methyl sites for hydroxylation is 2. The molecular weight excluding hydrogens is 298 g/mol. The highest BCUT2D eigenvalue weighted by Gasteiger charge is 2.17. The summed E-state index contributed by atoms with van der Waals surface area (Å²) >= 11 is 4.88. The zero-order valence-electron chi connectivity index (χ0n) is 9.58. The minimum absolute atomic E-state index is 0.000556. The zero-order valence-corrected chi connectivity index (χ0v) is 12.0. The Morgan fingerprint density at radius 2 is 2.00 bits per heavy atom. The highest BCUT2D eigenvalue weighted by Crippen LogP contribution is 2.30. The molecule has 88 valence electrons. The molecule has 1 aromatic carbocycles. The number of thiophene rings is 1. The van der Waals surface area contributed by atoms with Crippen LogP contribution in [0.1, 0.15) is 26.4 Å². The zero-order chi connectivity index (χ0) is 12.6. The van der Waals surface area contributed by atoms with Gasteiger partial charge in [-0.05, 0) is 53.0 Å². The molecule has 0 atom stereocenters. The van der Waals surface area contributed by atoms with E-state index in [9.17, 15) is 4.79 Å². The van der Waals surface area contributed by atoms with Gasteiger partial charge in [0.15, 0.2) is 0 Å². The van der Waals surface area contributed by atoms with Gasteiger partial charge >= 0.3 is 0 Å². The van der Waals surface area contributed by atoms with Crippen LogP contribution in [0.15, 0.2) is 28.1 Å². The van der Waals surface area contributed by atoms with E-state index in [4.69, 9.17) is 5.73 Å². The largest absolute Gasteiger partial charge is 0.398 e. The smallest absolute Gasteiger partial charge is 0.205 e. The van der Waals surface area contributed by atoms with E-state index in [2.05, 4.69) is 15.9 Å². The average molecular weight is 310 g/mol. The van der Waals surface area contributed by atoms with Crippen molar-refractivity contribution >= 4 is 38.7 Å². The normalized spacial score (nSPS) is 10.5. The van der Waals surface area contributed by atoms with E-state index in [0.717, 1.165) is 19.8 Å². The van der Waals surface area contributed by atoms with Crippen LogP contribution in [0.4, 0.5) is 5.69 Å². The third-order valence-corrected chi connectivity index (χ3v) is 4.75. The van der Waals surface area contributed by atoms with Crippen molar-refractivity contribution in [3.63, 3.8) is 0 Å². The first-order chi connectivity index (χ1) is 8.00. The van der Waals surface area contributed by atoms with Crippen molar-refractivity contribution in [2.24, 2.45) is 0 Å². The predicted octanol–water partition coefficient (Wildman–Crippen LogP) is 3.94. The molecule has 2 rings (SSSR count). The number of benzene rings is 1. The molecule has 2 aromatic rings. The Kier molecular flexibility index (Phi) is 3.35. The first-order valence-corrected chi connectivity index (χ1v) is 6.77. The summed E-state index contributed by atoms with van der Waals surface area (Å²) in [6.07, 6.45) is 0. The van der Waals surface area contributed by atoms with E-state index in [0.29, 0.717) is 11.3 Å². The second kappa shape index (κ2) is 4.63. The van der Waals surface area contributed by atoms with Crippen LogP contribution in [0.2, 0.25) is 0 Å². The molecule has 1 aromatic heterocycles. The molecule has 0 aliphatic heterocycles. The van der Waals surface area contributed by atoms with Crippen LogP contribution in [0.25, 0.3) is 0 Å². The maximum atomic E-state index is 12.4. The maximum absolute atomic E-state index is 12.4. The number of nitrogens with two attached hydrogens (primary N) is 1. The molecule has 2 nitrogen and oxygen atoms in total. The number of carbonyl (C=O) groups is 1. The van der Waals surface area contributed by atoms with E-state index >= 15 is 0 Å². The van der Waals surface area contributed by atoms with Crippen molar-refractivity contribution in [1.82, 2.24) is 0 Å². The van der Waals surface area contributed by atoms with Crippen molar-refractivity contribution in [3.8, 4) is 0 Å². The molecule has 0 unspecified atom stereocenters. The van der Waals surface area contributed by atoms with Gasteiger partial charge in [0.05, 0.1) is 8.66 Å². The highest BCUT2D eigenvalue weighted by atomic mass is 79.9. The van der Waals surface area contributed by atoms with E-state index in [1.807, 2.05) is 32.0 Å². The van der Waals surface area contributed by atoms with E-state index < -0.39 is 0 Å². The summed E-state index contributed by atoms with van der Waals surface area (Å²) in [5, 5.41) is 0. The van der Waals surface area contributed by atoms with Crippen LogP contribution in [0.3, 0.4) is 0 Å². The number of halogens is 1. The third-order valence-electron chi connectivity index (χ3n) is 2.61. The maximum Gasteiger partial charge on any atom is 0.205 e. The summed E-state index contributed by atoms with van der Waals surface area (Å²) in [4.78, 5) is 13.1. The average Bonchev–Trinajstić information content (AvgIpc) is 2.59. The Hall–Kier alpha value is -1.13. The van der Waals surface area contributed by atoms with Gasteiger partial charge in [-0.1, -0.05) is 12.1 Å². The van der Waals surface area contributed by atoms with Gasteiger partial charge in [-0.25, -0.2) is 0 Å². The first kappa shape index (κ1) is 12.3. The Bertz CT molecular complexity index is 549. The molecule has 1 heterocycles. The fourth-order valence-electron chi connectivity index (χ4n) is 1.70. The minimum Gasteiger partial charge on any atom is -0.398 e. The third kappa shape index (κ3) is 2.28. The van der Waals surface area contributed by atoms with Crippen LogP contribution >= 0.6 is 27.3 Å². The molecule has 0 radical (unpaired) electrons. The summed E-state index contributed by atoms with van der Waals surface area (Å²) in [7, 11) is 0. The molecule has 0 spiro atoms. The number of anilines is 1. The number of nitrogen functional groups attached to an aromatic ring is 1. The molecule has 0 saturated carbocycles. The van der Waals surface area contributed by atoms with Crippen molar-refractivity contribution in [3.05, 3.63) is 49.6 Å². The van der Waals surface area contributed by atoms with Crippen LogP contribution in [-0.2, 0) is 0 Å². The minimum atomic E-state index is -0.000556. The molecule has 17 heavy (non-hydrogen) atoms. The van der Waals surface area contributed by atoms with Gasteiger partial charge in [-0.15, -0.1) is 11.3 Å². The lowest BCUT2D eigenvalue weighted by Crippen LogP contribution is -2.05. The molecular formula is C13H12BrNOS. The second-order valence-electron chi connectivity index (χ2n) is 3.94. The molecule has 2 N–H and O–H groups in total. The van der Waals surface area contributed by atoms with Crippen LogP contribution in [-0.4, -0.2) is 5.78 Å². The molecule has 0 bridgehead atoms. The Morgan fingerprint density at radius 1 is 1.29 bits per heavy atom. The lowest BCUT2D eigenvalue weighted by atomic mass is 10.0. The topological polar surface area (TPSA) is 43.1 Å². The van der Waals surface area contributed by atoms with Crippen molar-refractivity contribution < 1.29 is 4.79 Å². The highest BCUT2D eigenvalue weighted by molar-refractivity contribution is 9.11. The van der Waals surface area contributed by atoms with Crippen LogP contribution in [0.5, 0.6) is 0 Å². The van der Waals surface area contributed by atoms with Crippen LogP contribution in [0, 0.1) is 13.8 Å². The summed E-state index contributed by atoms with van der Waals surface area (Å²) in [6.45, 7) is 3.87. The second-order valence-corrected chi connectivity index (χ2v) is 6.31. The van der Waals surface area contributed by atoms with Gasteiger partial charge in [0.25, 0.3) is 0 Å². The summed E-state index contributed by atoms with van der Waals surface area (Å²) in [6, 6.07) is 7.41. The summed E-state index contributed by atoms with van der Waals surface area (Å²) in [5.41, 5.74) is 9.02. The summed E-state index contributed by atoms with van der Waals surface area (Å²) < 4.78 is 0.994. The predicted molar refractivity (Wildman–Crippen MR) is 75.8 cm³/mol. The Morgan fingerprint density at radius 3 is 2.53 bits per heavy atom. The quantitative estimate of drug-likeness (QED) is 0.674. The van der Waals surface area contributed by atoms with Gasteiger partial charge in [0.2, 0.25) is 5.78 Å². The molecule has 0 amide bonds. The lowest BCUT2D eigenvalue weighted by molar-refractivity contribution is 0.104. The molecule has 0 saturated heterocycles. The van der Waals surface area contributed by atoms with Crippen LogP contribution < -0.4 is 5.73 Å².